The number of halogens is 2. The Morgan fingerprint density at radius 1 is 1.26 bits per heavy atom. The Hall–Kier alpha value is -1.69. The summed E-state index contributed by atoms with van der Waals surface area (Å²) in [6.07, 6.45) is 1.45. The first-order valence-corrected chi connectivity index (χ1v) is 6.68. The largest absolute Gasteiger partial charge is 0.369 e. The van der Waals surface area contributed by atoms with Gasteiger partial charge in [0.1, 0.15) is 28.3 Å². The molecule has 0 aliphatic heterocycles. The molecule has 0 atom stereocenters. The lowest BCUT2D eigenvalue weighted by Crippen LogP contribution is -2.04. The Kier molecular flexibility index (Phi) is 4.31. The number of aromatic nitrogens is 2. The van der Waals surface area contributed by atoms with Gasteiger partial charge in [-0.05, 0) is 47.5 Å². The second-order valence-electron chi connectivity index (χ2n) is 4.00. The molecule has 0 bridgehead atoms. The predicted molar refractivity (Wildman–Crippen MR) is 78.3 cm³/mol. The van der Waals surface area contributed by atoms with E-state index in [2.05, 4.69) is 36.5 Å². The summed E-state index contributed by atoms with van der Waals surface area (Å²) in [5, 5.41) is 6.17. The van der Waals surface area contributed by atoms with Crippen LogP contribution in [0.2, 0.25) is 0 Å². The topological polar surface area (TPSA) is 49.8 Å². The highest BCUT2D eigenvalue weighted by Crippen LogP contribution is 2.29. The minimum Gasteiger partial charge on any atom is -0.369 e. The Bertz CT molecular complexity index is 589. The molecule has 0 unspecified atom stereocenters. The summed E-state index contributed by atoms with van der Waals surface area (Å²) in [5.74, 6) is 1.05. The molecule has 0 saturated carbocycles. The van der Waals surface area contributed by atoms with Crippen molar-refractivity contribution in [3.8, 4) is 0 Å². The number of nitrogens with one attached hydrogen (secondary N) is 2. The number of rotatable bonds is 4. The molecule has 6 heteroatoms. The lowest BCUT2D eigenvalue weighted by atomic mass is 10.2. The first kappa shape index (κ1) is 13.7. The molecule has 0 amide bonds. The van der Waals surface area contributed by atoms with Crippen molar-refractivity contribution in [2.24, 2.45) is 0 Å². The van der Waals surface area contributed by atoms with Crippen molar-refractivity contribution in [1.82, 2.24) is 9.97 Å². The average Bonchev–Trinajstić information content (AvgIpc) is 2.39. The third-order valence-electron chi connectivity index (χ3n) is 2.57. The molecule has 0 aliphatic rings. The maximum atomic E-state index is 13.5. The van der Waals surface area contributed by atoms with Crippen LogP contribution in [0.5, 0.6) is 0 Å². The van der Waals surface area contributed by atoms with Crippen LogP contribution in [0.25, 0.3) is 0 Å². The average molecular weight is 325 g/mol. The molecular weight excluding hydrogens is 311 g/mol. The first-order chi connectivity index (χ1) is 9.11. The van der Waals surface area contributed by atoms with E-state index in [4.69, 9.17) is 0 Å². The standard InChI is InChI=1S/C13H14BrFN4/c1-3-16-12-11(14)13(18-7-17-12)19-9-5-4-8(2)10(15)6-9/h4-7H,3H2,1-2H3,(H2,16,17,18,19). The fraction of sp³-hybridized carbons (Fsp3) is 0.231. The monoisotopic (exact) mass is 324 g/mol. The summed E-state index contributed by atoms with van der Waals surface area (Å²) < 4.78 is 14.2. The van der Waals surface area contributed by atoms with Crippen LogP contribution in [0.15, 0.2) is 29.0 Å². The van der Waals surface area contributed by atoms with Crippen molar-refractivity contribution in [1.29, 1.82) is 0 Å². The zero-order valence-electron chi connectivity index (χ0n) is 10.7. The van der Waals surface area contributed by atoms with Crippen molar-refractivity contribution in [2.75, 3.05) is 17.2 Å². The molecule has 2 rings (SSSR count). The van der Waals surface area contributed by atoms with E-state index in [1.807, 2.05) is 6.92 Å². The predicted octanol–water partition coefficient (Wildman–Crippen LogP) is 3.86. The molecule has 2 N–H and O–H groups in total. The number of aryl methyl sites for hydroxylation is 1. The molecule has 0 spiro atoms. The van der Waals surface area contributed by atoms with Crippen molar-refractivity contribution in [3.05, 3.63) is 40.4 Å². The van der Waals surface area contributed by atoms with Crippen molar-refractivity contribution in [3.63, 3.8) is 0 Å². The summed E-state index contributed by atoms with van der Waals surface area (Å²) in [5.41, 5.74) is 1.26. The number of hydrogen-bond donors (Lipinski definition) is 2. The Morgan fingerprint density at radius 2 is 2.00 bits per heavy atom. The molecule has 1 aromatic carbocycles. The van der Waals surface area contributed by atoms with E-state index in [1.165, 1.54) is 12.4 Å². The Morgan fingerprint density at radius 3 is 2.68 bits per heavy atom. The molecule has 0 radical (unpaired) electrons. The van der Waals surface area contributed by atoms with Crippen LogP contribution in [0, 0.1) is 12.7 Å². The van der Waals surface area contributed by atoms with Crippen LogP contribution < -0.4 is 10.6 Å². The highest BCUT2D eigenvalue weighted by Gasteiger charge is 2.08. The zero-order chi connectivity index (χ0) is 13.8. The van der Waals surface area contributed by atoms with Gasteiger partial charge in [-0.1, -0.05) is 6.07 Å². The van der Waals surface area contributed by atoms with Crippen molar-refractivity contribution < 1.29 is 4.39 Å². The fourth-order valence-corrected chi connectivity index (χ4v) is 2.00. The number of benzene rings is 1. The van der Waals surface area contributed by atoms with Crippen LogP contribution in [0.1, 0.15) is 12.5 Å². The highest BCUT2D eigenvalue weighted by molar-refractivity contribution is 9.10. The lowest BCUT2D eigenvalue weighted by molar-refractivity contribution is 0.619. The van der Waals surface area contributed by atoms with Gasteiger partial charge in [0.15, 0.2) is 0 Å². The van der Waals surface area contributed by atoms with Gasteiger partial charge in [-0.2, -0.15) is 0 Å². The van der Waals surface area contributed by atoms with Gasteiger partial charge >= 0.3 is 0 Å². The second-order valence-corrected chi connectivity index (χ2v) is 4.80. The van der Waals surface area contributed by atoms with Gasteiger partial charge in [0, 0.05) is 12.2 Å². The van der Waals surface area contributed by atoms with Crippen LogP contribution in [-0.2, 0) is 0 Å². The Balaban J connectivity index is 2.27. The number of nitrogens with zero attached hydrogens (tertiary/aromatic N) is 2. The SMILES string of the molecule is CCNc1ncnc(Nc2ccc(C)c(F)c2)c1Br. The van der Waals surface area contributed by atoms with E-state index in [1.54, 1.807) is 19.1 Å². The molecule has 100 valence electrons. The molecule has 4 nitrogen and oxygen atoms in total. The van der Waals surface area contributed by atoms with Crippen molar-refractivity contribution >= 4 is 33.3 Å². The zero-order valence-corrected chi connectivity index (χ0v) is 12.3. The Labute approximate surface area is 119 Å². The molecule has 1 aromatic heterocycles. The number of anilines is 3. The second kappa shape index (κ2) is 5.97. The van der Waals surface area contributed by atoms with Gasteiger partial charge in [0.2, 0.25) is 0 Å². The van der Waals surface area contributed by atoms with Gasteiger partial charge < -0.3 is 10.6 Å². The summed E-state index contributed by atoms with van der Waals surface area (Å²) >= 11 is 3.43. The van der Waals surface area contributed by atoms with Gasteiger partial charge in [-0.25, -0.2) is 14.4 Å². The van der Waals surface area contributed by atoms with Crippen LogP contribution >= 0.6 is 15.9 Å². The third-order valence-corrected chi connectivity index (χ3v) is 3.32. The van der Waals surface area contributed by atoms with Crippen LogP contribution in [-0.4, -0.2) is 16.5 Å². The molecule has 0 fully saturated rings. The van der Waals surface area contributed by atoms with Crippen molar-refractivity contribution in [2.45, 2.75) is 13.8 Å². The molecule has 0 aliphatic carbocycles. The van der Waals surface area contributed by atoms with Gasteiger partial charge in [-0.15, -0.1) is 0 Å². The smallest absolute Gasteiger partial charge is 0.150 e. The maximum absolute atomic E-state index is 13.5. The summed E-state index contributed by atoms with van der Waals surface area (Å²) in [4.78, 5) is 8.26. The molecule has 0 saturated heterocycles. The fourth-order valence-electron chi connectivity index (χ4n) is 1.56. The quantitative estimate of drug-likeness (QED) is 0.896. The van der Waals surface area contributed by atoms with Gasteiger partial charge in [0.05, 0.1) is 0 Å². The summed E-state index contributed by atoms with van der Waals surface area (Å²) in [7, 11) is 0. The summed E-state index contributed by atoms with van der Waals surface area (Å²) in [6.45, 7) is 4.47. The van der Waals surface area contributed by atoms with E-state index in [0.717, 1.165) is 11.0 Å². The van der Waals surface area contributed by atoms with Crippen LogP contribution in [0.4, 0.5) is 21.7 Å². The van der Waals surface area contributed by atoms with E-state index >= 15 is 0 Å². The van der Waals surface area contributed by atoms with E-state index in [-0.39, 0.29) is 5.82 Å². The van der Waals surface area contributed by atoms with Gasteiger partial charge in [-0.3, -0.25) is 0 Å². The van der Waals surface area contributed by atoms with Gasteiger partial charge in [0.25, 0.3) is 0 Å². The van der Waals surface area contributed by atoms with E-state index < -0.39 is 0 Å². The molecule has 2 aromatic rings. The minimum atomic E-state index is -0.248. The highest BCUT2D eigenvalue weighted by atomic mass is 79.9. The number of hydrogen-bond acceptors (Lipinski definition) is 4. The normalized spacial score (nSPS) is 10.3. The maximum Gasteiger partial charge on any atom is 0.150 e. The van der Waals surface area contributed by atoms with Crippen LogP contribution in [0.3, 0.4) is 0 Å². The summed E-state index contributed by atoms with van der Waals surface area (Å²) in [6, 6.07) is 4.97. The van der Waals surface area contributed by atoms with E-state index in [0.29, 0.717) is 22.9 Å². The minimum absolute atomic E-state index is 0.248. The first-order valence-electron chi connectivity index (χ1n) is 5.89. The molecular formula is C13H14BrFN4. The molecule has 1 heterocycles. The van der Waals surface area contributed by atoms with E-state index in [9.17, 15) is 4.39 Å². The lowest BCUT2D eigenvalue weighted by Gasteiger charge is -2.11. The third kappa shape index (κ3) is 3.20. The molecule has 19 heavy (non-hydrogen) atoms.